The highest BCUT2D eigenvalue weighted by Gasteiger charge is 2.37. The van der Waals surface area contributed by atoms with Crippen LogP contribution in [-0.4, -0.2) is 33.2 Å². The van der Waals surface area contributed by atoms with Crippen molar-refractivity contribution < 1.29 is 0 Å². The molecule has 1 N–H and O–H groups in total. The molecule has 0 aromatic rings. The minimum Gasteiger partial charge on any atom is -0.392 e. The lowest BCUT2D eigenvalue weighted by Gasteiger charge is -2.47. The average molecular weight is 228 g/mol. The number of nitrogens with one attached hydrogen (secondary N) is 1. The summed E-state index contributed by atoms with van der Waals surface area (Å²) in [7, 11) is -2.34. The van der Waals surface area contributed by atoms with Gasteiger partial charge >= 0.3 is 0 Å². The third-order valence-corrected chi connectivity index (χ3v) is 6.91. The van der Waals surface area contributed by atoms with E-state index in [-0.39, 0.29) is 0 Å². The fraction of sp³-hybridized carbons (Fsp3) is 0.800. The topological polar surface area (TPSA) is 15.3 Å². The van der Waals surface area contributed by atoms with Crippen molar-refractivity contribution in [3.8, 4) is 0 Å². The van der Waals surface area contributed by atoms with Gasteiger partial charge in [0.05, 0.1) is 13.9 Å². The maximum Gasteiger partial charge on any atom is 0.148 e. The van der Waals surface area contributed by atoms with Crippen molar-refractivity contribution in [2.45, 2.75) is 45.1 Å². The van der Waals surface area contributed by atoms with Gasteiger partial charge < -0.3 is 4.57 Å². The Labute approximate surface area is 90.5 Å². The van der Waals surface area contributed by atoms with Gasteiger partial charge in [-0.05, 0) is 6.20 Å². The molecular weight excluding hydrogens is 204 g/mol. The minimum absolute atomic E-state index is 0.624. The molecule has 14 heavy (non-hydrogen) atoms. The van der Waals surface area contributed by atoms with Crippen LogP contribution in [0.1, 0.15) is 0 Å². The largest absolute Gasteiger partial charge is 0.392 e. The molecule has 0 saturated carbocycles. The summed E-state index contributed by atoms with van der Waals surface area (Å²) >= 11 is 0. The van der Waals surface area contributed by atoms with Gasteiger partial charge in [0.1, 0.15) is 8.24 Å². The lowest BCUT2D eigenvalue weighted by Crippen LogP contribution is -2.65. The Morgan fingerprint density at radius 3 is 2.07 bits per heavy atom. The maximum absolute atomic E-state index is 3.65. The highest BCUT2D eigenvalue weighted by atomic mass is 28.3. The Balaban J connectivity index is 2.90. The van der Waals surface area contributed by atoms with Gasteiger partial charge in [-0.15, -0.1) is 0 Å². The standard InChI is InChI=1S/C10H24N2Si2/c1-13(2,3)10-11-8-7-9-12(10)14(4,5)6/h7,9-11H,8H2,1-6H3. The molecule has 1 rings (SSSR count). The number of rotatable bonds is 2. The lowest BCUT2D eigenvalue weighted by atomic mass is 10.5. The summed E-state index contributed by atoms with van der Waals surface area (Å²) in [5.41, 5.74) is 0. The fourth-order valence-electron chi connectivity index (χ4n) is 1.86. The Morgan fingerprint density at radius 1 is 1.14 bits per heavy atom. The van der Waals surface area contributed by atoms with E-state index in [1.54, 1.807) is 0 Å². The van der Waals surface area contributed by atoms with E-state index in [1.165, 1.54) is 0 Å². The van der Waals surface area contributed by atoms with E-state index in [4.69, 9.17) is 0 Å². The molecule has 1 aliphatic heterocycles. The second-order valence-corrected chi connectivity index (χ2v) is 16.3. The number of nitrogens with zero attached hydrogens (tertiary/aromatic N) is 1. The second-order valence-electron chi connectivity index (χ2n) is 6.14. The molecule has 0 aromatic carbocycles. The van der Waals surface area contributed by atoms with Gasteiger partial charge in [-0.25, -0.2) is 0 Å². The Morgan fingerprint density at radius 2 is 1.71 bits per heavy atom. The molecule has 4 heteroatoms. The SMILES string of the molecule is C[Si](C)(C)C1NCC=CN1[Si](C)(C)C. The van der Waals surface area contributed by atoms with Gasteiger partial charge in [-0.1, -0.05) is 45.4 Å². The molecule has 1 atom stereocenters. The summed E-state index contributed by atoms with van der Waals surface area (Å²) in [6, 6.07) is 0. The summed E-state index contributed by atoms with van der Waals surface area (Å²) in [5.74, 6) is 0.624. The Hall–Kier alpha value is -0.0662. The van der Waals surface area contributed by atoms with Crippen LogP contribution < -0.4 is 5.32 Å². The zero-order valence-corrected chi connectivity index (χ0v) is 12.4. The first-order valence-electron chi connectivity index (χ1n) is 5.41. The molecule has 2 nitrogen and oxygen atoms in total. The predicted molar refractivity (Wildman–Crippen MR) is 69.5 cm³/mol. The molecule has 0 aliphatic carbocycles. The molecule has 1 heterocycles. The molecule has 0 radical (unpaired) electrons. The van der Waals surface area contributed by atoms with Crippen LogP contribution in [0, 0.1) is 0 Å². The average Bonchev–Trinajstić information content (AvgIpc) is 2.01. The quantitative estimate of drug-likeness (QED) is 0.731. The zero-order chi connectivity index (χ0) is 11.0. The molecule has 0 amide bonds. The molecule has 0 bridgehead atoms. The Kier molecular flexibility index (Phi) is 3.28. The van der Waals surface area contributed by atoms with Crippen molar-refractivity contribution in [3.05, 3.63) is 12.3 Å². The molecule has 0 saturated heterocycles. The minimum atomic E-state index is -1.21. The summed E-state index contributed by atoms with van der Waals surface area (Å²) in [6.45, 7) is 15.6. The number of hydrogen-bond acceptors (Lipinski definition) is 2. The first kappa shape index (κ1) is 12.0. The zero-order valence-electron chi connectivity index (χ0n) is 10.4. The summed E-state index contributed by atoms with van der Waals surface area (Å²) < 4.78 is 2.61. The highest BCUT2D eigenvalue weighted by molar-refractivity contribution is 6.81. The normalized spacial score (nSPS) is 24.1. The van der Waals surface area contributed by atoms with Crippen LogP contribution in [0.2, 0.25) is 39.3 Å². The number of hydrogen-bond donors (Lipinski definition) is 1. The molecule has 1 unspecified atom stereocenters. The lowest BCUT2D eigenvalue weighted by molar-refractivity contribution is 0.414. The van der Waals surface area contributed by atoms with E-state index in [2.05, 4.69) is 61.4 Å². The van der Waals surface area contributed by atoms with E-state index in [9.17, 15) is 0 Å². The van der Waals surface area contributed by atoms with Crippen molar-refractivity contribution >= 4 is 16.3 Å². The molecule has 82 valence electrons. The van der Waals surface area contributed by atoms with E-state index >= 15 is 0 Å². The van der Waals surface area contributed by atoms with Crippen molar-refractivity contribution in [3.63, 3.8) is 0 Å². The van der Waals surface area contributed by atoms with Gasteiger partial charge in [0.15, 0.2) is 0 Å². The van der Waals surface area contributed by atoms with Crippen molar-refractivity contribution in [2.24, 2.45) is 0 Å². The molecule has 1 aliphatic rings. The maximum atomic E-state index is 3.65. The van der Waals surface area contributed by atoms with Crippen LogP contribution in [-0.2, 0) is 0 Å². The fourth-order valence-corrected chi connectivity index (χ4v) is 7.26. The third kappa shape index (κ3) is 2.71. The van der Waals surface area contributed by atoms with Crippen LogP contribution >= 0.6 is 0 Å². The summed E-state index contributed by atoms with van der Waals surface area (Å²) in [4.78, 5) is 0. The summed E-state index contributed by atoms with van der Waals surface area (Å²) in [6.07, 6.45) is 4.57. The first-order chi connectivity index (χ1) is 6.23. The van der Waals surface area contributed by atoms with Crippen molar-refractivity contribution in [1.82, 2.24) is 9.88 Å². The van der Waals surface area contributed by atoms with Gasteiger partial charge in [0.25, 0.3) is 0 Å². The van der Waals surface area contributed by atoms with Crippen LogP contribution in [0.5, 0.6) is 0 Å². The van der Waals surface area contributed by atoms with Crippen LogP contribution in [0.25, 0.3) is 0 Å². The van der Waals surface area contributed by atoms with Crippen LogP contribution in [0.4, 0.5) is 0 Å². The predicted octanol–water partition coefficient (Wildman–Crippen LogP) is 2.44. The van der Waals surface area contributed by atoms with Crippen molar-refractivity contribution in [2.75, 3.05) is 6.54 Å². The van der Waals surface area contributed by atoms with E-state index < -0.39 is 16.3 Å². The smallest absolute Gasteiger partial charge is 0.148 e. The van der Waals surface area contributed by atoms with E-state index in [1.807, 2.05) is 0 Å². The second kappa shape index (κ2) is 3.83. The van der Waals surface area contributed by atoms with Gasteiger partial charge in [0.2, 0.25) is 0 Å². The molecular formula is C10H24N2Si2. The molecule has 0 aromatic heterocycles. The van der Waals surface area contributed by atoms with Gasteiger partial charge in [0, 0.05) is 6.54 Å². The molecule has 0 fully saturated rings. The van der Waals surface area contributed by atoms with E-state index in [0.717, 1.165) is 6.54 Å². The van der Waals surface area contributed by atoms with Crippen molar-refractivity contribution in [1.29, 1.82) is 0 Å². The van der Waals surface area contributed by atoms with E-state index in [0.29, 0.717) is 5.79 Å². The molecule has 0 spiro atoms. The van der Waals surface area contributed by atoms with Crippen LogP contribution in [0.15, 0.2) is 12.3 Å². The summed E-state index contributed by atoms with van der Waals surface area (Å²) in [5, 5.41) is 3.65. The Bertz CT molecular complexity index is 225. The highest BCUT2D eigenvalue weighted by Crippen LogP contribution is 2.21. The monoisotopic (exact) mass is 228 g/mol. The van der Waals surface area contributed by atoms with Crippen LogP contribution in [0.3, 0.4) is 0 Å². The third-order valence-electron chi connectivity index (χ3n) is 2.57. The van der Waals surface area contributed by atoms with Gasteiger partial charge in [-0.3, -0.25) is 5.32 Å². The van der Waals surface area contributed by atoms with Gasteiger partial charge in [-0.2, -0.15) is 0 Å². The first-order valence-corrected chi connectivity index (χ1v) is 12.4.